The Balaban J connectivity index is 1.67. The van der Waals surface area contributed by atoms with E-state index < -0.39 is 86.8 Å². The smallest absolute Gasteiger partial charge is 0.220 e. The van der Waals surface area contributed by atoms with E-state index in [1.807, 2.05) is 6.08 Å². The highest BCUT2D eigenvalue weighted by Gasteiger charge is 2.51. The van der Waals surface area contributed by atoms with E-state index in [4.69, 9.17) is 18.9 Å². The monoisotopic (exact) mass is 1250 g/mol. The molecule has 2 aliphatic heterocycles. The Morgan fingerprint density at radius 2 is 0.727 bits per heavy atom. The van der Waals surface area contributed by atoms with Gasteiger partial charge in [0.2, 0.25) is 5.91 Å². The molecule has 0 aliphatic carbocycles. The van der Waals surface area contributed by atoms with Gasteiger partial charge in [-0.05, 0) is 57.8 Å². The van der Waals surface area contributed by atoms with Crippen LogP contribution in [0.1, 0.15) is 335 Å². The van der Waals surface area contributed by atoms with Crippen molar-refractivity contribution in [3.05, 3.63) is 36.5 Å². The highest BCUT2D eigenvalue weighted by atomic mass is 16.7. The lowest BCUT2D eigenvalue weighted by molar-refractivity contribution is -0.359. The summed E-state index contributed by atoms with van der Waals surface area (Å²) in [6, 6.07) is -0.932. The molecule has 0 aromatic rings. The van der Waals surface area contributed by atoms with Crippen LogP contribution in [-0.2, 0) is 23.7 Å². The highest BCUT2D eigenvalue weighted by Crippen LogP contribution is 2.30. The zero-order valence-corrected chi connectivity index (χ0v) is 56.5. The largest absolute Gasteiger partial charge is 0.394 e. The fourth-order valence-corrected chi connectivity index (χ4v) is 12.4. The van der Waals surface area contributed by atoms with Crippen molar-refractivity contribution in [2.24, 2.45) is 0 Å². The maximum Gasteiger partial charge on any atom is 0.220 e. The molecule has 2 aliphatic rings. The molecular weight excluding hydrogens is 1110 g/mol. The van der Waals surface area contributed by atoms with E-state index in [9.17, 15) is 45.6 Å². The molecule has 12 unspecified atom stereocenters. The third kappa shape index (κ3) is 42.4. The summed E-state index contributed by atoms with van der Waals surface area (Å²) in [6.45, 7) is 2.84. The number of hydrogen-bond donors (Lipinski definition) is 9. The van der Waals surface area contributed by atoms with E-state index in [2.05, 4.69) is 43.5 Å². The van der Waals surface area contributed by atoms with E-state index in [0.717, 1.165) is 32.1 Å². The van der Waals surface area contributed by atoms with Gasteiger partial charge in [0.15, 0.2) is 12.6 Å². The molecule has 518 valence electrons. The quantitative estimate of drug-likeness (QED) is 0.0204. The molecule has 14 heteroatoms. The van der Waals surface area contributed by atoms with Gasteiger partial charge in [-0.1, -0.05) is 307 Å². The van der Waals surface area contributed by atoms with Gasteiger partial charge in [0.1, 0.15) is 48.8 Å². The van der Waals surface area contributed by atoms with Crippen LogP contribution >= 0.6 is 0 Å². The number of rotatable bonds is 62. The molecule has 0 bridgehead atoms. The van der Waals surface area contributed by atoms with Gasteiger partial charge in [0.25, 0.3) is 0 Å². The molecule has 0 saturated carbocycles. The Morgan fingerprint density at radius 3 is 1.11 bits per heavy atom. The molecule has 88 heavy (non-hydrogen) atoms. The van der Waals surface area contributed by atoms with Crippen molar-refractivity contribution >= 4 is 5.91 Å². The number of nitrogens with one attached hydrogen (secondary N) is 1. The number of aliphatic hydroxyl groups is 8. The highest BCUT2D eigenvalue weighted by molar-refractivity contribution is 5.76. The van der Waals surface area contributed by atoms with E-state index in [1.54, 1.807) is 6.08 Å². The average Bonchev–Trinajstić information content (AvgIpc) is 1.93. The minimum absolute atomic E-state index is 0.243. The first kappa shape index (κ1) is 82.3. The van der Waals surface area contributed by atoms with Crippen LogP contribution in [0.3, 0.4) is 0 Å². The molecule has 2 rings (SSSR count). The molecule has 0 radical (unpaired) electrons. The zero-order chi connectivity index (χ0) is 63.8. The molecular formula is C74H139NO13. The Labute approximate surface area is 538 Å². The number of ether oxygens (including phenoxy) is 4. The average molecular weight is 1250 g/mol. The molecule has 2 saturated heterocycles. The lowest BCUT2D eigenvalue weighted by atomic mass is 9.97. The molecule has 0 aromatic carbocycles. The molecule has 2 fully saturated rings. The van der Waals surface area contributed by atoms with Crippen LogP contribution in [0.2, 0.25) is 0 Å². The fourth-order valence-electron chi connectivity index (χ4n) is 12.4. The Hall–Kier alpha value is -1.79. The van der Waals surface area contributed by atoms with Crippen molar-refractivity contribution in [3.63, 3.8) is 0 Å². The predicted molar refractivity (Wildman–Crippen MR) is 360 cm³/mol. The second-order valence-corrected chi connectivity index (χ2v) is 26.4. The number of unbranched alkanes of at least 4 members (excludes halogenated alkanes) is 45. The van der Waals surface area contributed by atoms with Gasteiger partial charge in [-0.15, -0.1) is 0 Å². The van der Waals surface area contributed by atoms with Crippen LogP contribution in [0.4, 0.5) is 0 Å². The maximum atomic E-state index is 13.3. The third-order valence-corrected chi connectivity index (χ3v) is 18.3. The summed E-state index contributed by atoms with van der Waals surface area (Å²) in [6.07, 6.45) is 59.3. The van der Waals surface area contributed by atoms with Gasteiger partial charge in [0, 0.05) is 6.42 Å². The topological polar surface area (TPSA) is 228 Å². The van der Waals surface area contributed by atoms with E-state index in [0.29, 0.717) is 12.8 Å². The van der Waals surface area contributed by atoms with E-state index in [1.165, 1.54) is 270 Å². The Kier molecular flexibility index (Phi) is 55.2. The van der Waals surface area contributed by atoms with Crippen LogP contribution in [0.5, 0.6) is 0 Å². The first-order chi connectivity index (χ1) is 43.1. The SMILES string of the molecule is CCCCCCCCCC/C=C\CCCCCCCCCCCCCCCCCC(=O)NC(COC1OC(CO)C(OC2OC(CO)C(O)C(O)C2O)C(O)C1O)C(O)/C=C/CC/C=C/CCCCCCCCCCCCCCCCCCCCCCC. The van der Waals surface area contributed by atoms with Crippen LogP contribution < -0.4 is 5.32 Å². The summed E-state index contributed by atoms with van der Waals surface area (Å²) in [7, 11) is 0. The van der Waals surface area contributed by atoms with Crippen molar-refractivity contribution in [1.82, 2.24) is 5.32 Å². The van der Waals surface area contributed by atoms with Gasteiger partial charge in [0.05, 0.1) is 32.0 Å². The molecule has 2 heterocycles. The molecule has 12 atom stereocenters. The van der Waals surface area contributed by atoms with Crippen molar-refractivity contribution < 1.29 is 64.6 Å². The van der Waals surface area contributed by atoms with E-state index >= 15 is 0 Å². The second kappa shape index (κ2) is 59.0. The van der Waals surface area contributed by atoms with Gasteiger partial charge >= 0.3 is 0 Å². The molecule has 1 amide bonds. The summed E-state index contributed by atoms with van der Waals surface area (Å²) in [5.74, 6) is -0.243. The zero-order valence-electron chi connectivity index (χ0n) is 56.5. The van der Waals surface area contributed by atoms with Crippen LogP contribution in [0.25, 0.3) is 0 Å². The first-order valence-electron chi connectivity index (χ1n) is 37.2. The first-order valence-corrected chi connectivity index (χ1v) is 37.2. The van der Waals surface area contributed by atoms with Crippen molar-refractivity contribution in [2.75, 3.05) is 19.8 Å². The predicted octanol–water partition coefficient (Wildman–Crippen LogP) is 15.7. The number of carbonyl (C=O) groups excluding carboxylic acids is 1. The Bertz CT molecular complexity index is 1620. The second-order valence-electron chi connectivity index (χ2n) is 26.4. The number of aliphatic hydroxyl groups excluding tert-OH is 8. The fraction of sp³-hybridized carbons (Fsp3) is 0.905. The number of carbonyl (C=O) groups is 1. The summed E-state index contributed by atoms with van der Waals surface area (Å²) in [5.41, 5.74) is 0. The summed E-state index contributed by atoms with van der Waals surface area (Å²) in [5, 5.41) is 87.5. The van der Waals surface area contributed by atoms with Gasteiger partial charge in [-0.25, -0.2) is 0 Å². The molecule has 0 spiro atoms. The normalized spacial score (nSPS) is 23.3. The van der Waals surface area contributed by atoms with Gasteiger partial charge in [-0.3, -0.25) is 4.79 Å². The summed E-state index contributed by atoms with van der Waals surface area (Å²) >= 11 is 0. The van der Waals surface area contributed by atoms with Crippen LogP contribution in [-0.4, -0.2) is 140 Å². The minimum atomic E-state index is -1.79. The number of hydrogen-bond acceptors (Lipinski definition) is 13. The lowest BCUT2D eigenvalue weighted by Gasteiger charge is -2.46. The van der Waals surface area contributed by atoms with Crippen LogP contribution in [0, 0.1) is 0 Å². The lowest BCUT2D eigenvalue weighted by Crippen LogP contribution is -2.65. The Morgan fingerprint density at radius 1 is 0.398 bits per heavy atom. The van der Waals surface area contributed by atoms with Crippen molar-refractivity contribution in [3.8, 4) is 0 Å². The molecule has 14 nitrogen and oxygen atoms in total. The van der Waals surface area contributed by atoms with Crippen molar-refractivity contribution in [1.29, 1.82) is 0 Å². The maximum absolute atomic E-state index is 13.3. The number of amides is 1. The van der Waals surface area contributed by atoms with Crippen molar-refractivity contribution in [2.45, 2.75) is 408 Å². The van der Waals surface area contributed by atoms with E-state index in [-0.39, 0.29) is 18.9 Å². The number of allylic oxidation sites excluding steroid dienone is 5. The molecule has 9 N–H and O–H groups in total. The third-order valence-electron chi connectivity index (χ3n) is 18.3. The minimum Gasteiger partial charge on any atom is -0.394 e. The van der Waals surface area contributed by atoms with Gasteiger partial charge in [-0.2, -0.15) is 0 Å². The standard InChI is InChI=1S/C74H139NO13/c1-3-5-7-9-11-13-15-17-19-21-23-25-27-29-31-33-35-37-39-41-43-45-47-49-51-53-55-57-63(78)62(61-85-73-71(84)69(82)72(65(60-77)87-73)88-74-70(83)68(81)67(80)64(59-76)86-74)75-66(79)58-56-54-52-50-48-46-44-42-40-38-36-34-32-30-28-26-24-22-20-18-16-14-12-10-8-6-4-2/h22,24,47,49,55,57,62-65,67-74,76-78,80-84H,3-21,23,25-46,48,50-54,56,58-61H2,1-2H3,(H,75,79)/b24-22-,49-47+,57-55+. The molecule has 0 aromatic heterocycles. The summed E-state index contributed by atoms with van der Waals surface area (Å²) < 4.78 is 22.9. The van der Waals surface area contributed by atoms with Crippen LogP contribution in [0.15, 0.2) is 36.5 Å². The summed E-state index contributed by atoms with van der Waals surface area (Å²) in [4.78, 5) is 13.3. The van der Waals surface area contributed by atoms with Gasteiger partial charge < -0.3 is 65.1 Å².